The summed E-state index contributed by atoms with van der Waals surface area (Å²) in [6.07, 6.45) is 0.0432. The van der Waals surface area contributed by atoms with Crippen LogP contribution in [0, 0.1) is 0 Å². The molecule has 0 aromatic heterocycles. The summed E-state index contributed by atoms with van der Waals surface area (Å²) >= 11 is 0. The van der Waals surface area contributed by atoms with Crippen LogP contribution in [0.25, 0.3) is 0 Å². The van der Waals surface area contributed by atoms with E-state index in [1.807, 2.05) is 0 Å². The first-order valence-corrected chi connectivity index (χ1v) is 8.59. The second-order valence-corrected chi connectivity index (χ2v) is 6.08. The van der Waals surface area contributed by atoms with Gasteiger partial charge in [0.15, 0.2) is 11.5 Å². The molecule has 1 unspecified atom stereocenters. The van der Waals surface area contributed by atoms with E-state index >= 15 is 0 Å². The fourth-order valence-corrected chi connectivity index (χ4v) is 3.11. The maximum atomic E-state index is 12.8. The number of methoxy groups -OCH3 is 4. The zero-order valence-electron chi connectivity index (χ0n) is 16.1. The molecule has 0 radical (unpaired) electrons. The molecular weight excluding hydrogens is 364 g/mol. The molecule has 3 rings (SSSR count). The summed E-state index contributed by atoms with van der Waals surface area (Å²) < 4.78 is 21.1. The molecule has 1 fully saturated rings. The Bertz CT molecular complexity index is 856. The van der Waals surface area contributed by atoms with Crippen molar-refractivity contribution in [1.29, 1.82) is 0 Å². The Morgan fingerprint density at radius 2 is 1.50 bits per heavy atom. The Kier molecular flexibility index (Phi) is 5.58. The van der Waals surface area contributed by atoms with Gasteiger partial charge in [-0.15, -0.1) is 0 Å². The van der Waals surface area contributed by atoms with Crippen molar-refractivity contribution < 1.29 is 28.5 Å². The van der Waals surface area contributed by atoms with E-state index in [1.165, 1.54) is 26.2 Å². The normalized spacial score (nSPS) is 16.1. The number of anilines is 2. The SMILES string of the molecule is COc1ccc(N2C(=O)CC(Nc3cc(OC)c(OC)c(OC)c3)C2=O)cc1. The lowest BCUT2D eigenvalue weighted by atomic mass is 10.2. The zero-order valence-corrected chi connectivity index (χ0v) is 16.1. The minimum absolute atomic E-state index is 0.0432. The molecule has 8 nitrogen and oxygen atoms in total. The third-order valence-corrected chi connectivity index (χ3v) is 4.48. The number of hydrogen-bond acceptors (Lipinski definition) is 7. The lowest BCUT2D eigenvalue weighted by Gasteiger charge is -2.18. The van der Waals surface area contributed by atoms with Gasteiger partial charge in [-0.25, -0.2) is 4.90 Å². The van der Waals surface area contributed by atoms with E-state index in [4.69, 9.17) is 18.9 Å². The van der Waals surface area contributed by atoms with Gasteiger partial charge >= 0.3 is 0 Å². The van der Waals surface area contributed by atoms with Gasteiger partial charge in [-0.05, 0) is 24.3 Å². The molecule has 1 N–H and O–H groups in total. The van der Waals surface area contributed by atoms with Crippen molar-refractivity contribution in [3.8, 4) is 23.0 Å². The van der Waals surface area contributed by atoms with Crippen LogP contribution in [0.4, 0.5) is 11.4 Å². The number of carbonyl (C=O) groups is 2. The second kappa shape index (κ2) is 8.08. The molecule has 0 aliphatic carbocycles. The molecule has 1 aliphatic heterocycles. The highest BCUT2D eigenvalue weighted by atomic mass is 16.5. The van der Waals surface area contributed by atoms with Crippen LogP contribution in [0.2, 0.25) is 0 Å². The molecule has 0 bridgehead atoms. The minimum Gasteiger partial charge on any atom is -0.497 e. The molecule has 0 saturated carbocycles. The number of nitrogens with zero attached hydrogens (tertiary/aromatic N) is 1. The van der Waals surface area contributed by atoms with Gasteiger partial charge in [0.2, 0.25) is 11.7 Å². The molecule has 1 atom stereocenters. The smallest absolute Gasteiger partial charge is 0.256 e. The largest absolute Gasteiger partial charge is 0.497 e. The van der Waals surface area contributed by atoms with Crippen molar-refractivity contribution in [2.24, 2.45) is 0 Å². The maximum Gasteiger partial charge on any atom is 0.256 e. The first-order chi connectivity index (χ1) is 13.5. The van der Waals surface area contributed by atoms with Gasteiger partial charge in [-0.3, -0.25) is 9.59 Å². The van der Waals surface area contributed by atoms with Gasteiger partial charge in [-0.1, -0.05) is 0 Å². The fraction of sp³-hybridized carbons (Fsp3) is 0.300. The third kappa shape index (κ3) is 3.53. The van der Waals surface area contributed by atoms with E-state index < -0.39 is 6.04 Å². The van der Waals surface area contributed by atoms with E-state index in [1.54, 1.807) is 43.5 Å². The lowest BCUT2D eigenvalue weighted by molar-refractivity contribution is -0.121. The number of nitrogens with one attached hydrogen (secondary N) is 1. The van der Waals surface area contributed by atoms with E-state index in [0.29, 0.717) is 34.4 Å². The van der Waals surface area contributed by atoms with Crippen molar-refractivity contribution in [3.63, 3.8) is 0 Å². The summed E-state index contributed by atoms with van der Waals surface area (Å²) in [4.78, 5) is 26.5. The zero-order chi connectivity index (χ0) is 20.3. The highest BCUT2D eigenvalue weighted by Crippen LogP contribution is 2.40. The number of carbonyl (C=O) groups excluding carboxylic acids is 2. The highest BCUT2D eigenvalue weighted by Gasteiger charge is 2.39. The predicted molar refractivity (Wildman–Crippen MR) is 104 cm³/mol. The topological polar surface area (TPSA) is 86.3 Å². The number of benzene rings is 2. The van der Waals surface area contributed by atoms with E-state index in [0.717, 1.165) is 0 Å². The van der Waals surface area contributed by atoms with Crippen LogP contribution < -0.4 is 29.2 Å². The van der Waals surface area contributed by atoms with E-state index in [9.17, 15) is 9.59 Å². The molecule has 2 aromatic carbocycles. The average Bonchev–Trinajstić information content (AvgIpc) is 3.00. The van der Waals surface area contributed by atoms with Crippen LogP contribution in [0.5, 0.6) is 23.0 Å². The Morgan fingerprint density at radius 1 is 0.893 bits per heavy atom. The Labute approximate surface area is 162 Å². The Morgan fingerprint density at radius 3 is 2.00 bits per heavy atom. The maximum absolute atomic E-state index is 12.8. The number of rotatable bonds is 7. The molecule has 0 spiro atoms. The predicted octanol–water partition coefficient (Wildman–Crippen LogP) is 2.46. The third-order valence-electron chi connectivity index (χ3n) is 4.48. The first-order valence-electron chi connectivity index (χ1n) is 8.59. The van der Waals surface area contributed by atoms with Gasteiger partial charge in [0, 0.05) is 17.8 Å². The van der Waals surface area contributed by atoms with Crippen molar-refractivity contribution in [3.05, 3.63) is 36.4 Å². The molecule has 1 aliphatic rings. The Hall–Kier alpha value is -3.42. The fourth-order valence-electron chi connectivity index (χ4n) is 3.11. The number of amides is 2. The summed E-state index contributed by atoms with van der Waals surface area (Å²) in [7, 11) is 6.09. The first kappa shape index (κ1) is 19.3. The van der Waals surface area contributed by atoms with E-state index in [2.05, 4.69) is 5.32 Å². The van der Waals surface area contributed by atoms with Crippen LogP contribution in [-0.2, 0) is 9.59 Å². The molecule has 2 aromatic rings. The van der Waals surface area contributed by atoms with Crippen LogP contribution >= 0.6 is 0 Å². The summed E-state index contributed by atoms with van der Waals surface area (Å²) in [5, 5.41) is 3.09. The van der Waals surface area contributed by atoms with Gasteiger partial charge in [0.05, 0.1) is 40.5 Å². The van der Waals surface area contributed by atoms with Crippen molar-refractivity contribution in [1.82, 2.24) is 0 Å². The van der Waals surface area contributed by atoms with Crippen LogP contribution in [0.3, 0.4) is 0 Å². The van der Waals surface area contributed by atoms with Crippen LogP contribution in [0.1, 0.15) is 6.42 Å². The molecule has 2 amide bonds. The van der Waals surface area contributed by atoms with Crippen LogP contribution in [0.15, 0.2) is 36.4 Å². The number of hydrogen-bond donors (Lipinski definition) is 1. The molecular formula is C20H22N2O6. The molecule has 148 valence electrons. The van der Waals surface area contributed by atoms with Gasteiger partial charge in [0.1, 0.15) is 11.8 Å². The summed E-state index contributed by atoms with van der Waals surface area (Å²) in [6.45, 7) is 0. The average molecular weight is 386 g/mol. The van der Waals surface area contributed by atoms with Crippen molar-refractivity contribution in [2.45, 2.75) is 12.5 Å². The minimum atomic E-state index is -0.697. The Balaban J connectivity index is 1.84. The highest BCUT2D eigenvalue weighted by molar-refractivity contribution is 6.23. The standard InChI is InChI=1S/C20H22N2O6/c1-25-14-7-5-13(6-8-14)22-18(23)11-15(20(22)24)21-12-9-16(26-2)19(28-4)17(10-12)27-3/h5-10,15,21H,11H2,1-4H3. The molecule has 8 heteroatoms. The number of ether oxygens (including phenoxy) is 4. The van der Waals surface area contributed by atoms with Gasteiger partial charge < -0.3 is 24.3 Å². The summed E-state index contributed by atoms with van der Waals surface area (Å²) in [5.41, 5.74) is 1.09. The van der Waals surface area contributed by atoms with Gasteiger partial charge in [0.25, 0.3) is 5.91 Å². The summed E-state index contributed by atoms with van der Waals surface area (Å²) in [5.74, 6) is 1.39. The van der Waals surface area contributed by atoms with Crippen LogP contribution in [-0.4, -0.2) is 46.3 Å². The van der Waals surface area contributed by atoms with E-state index in [-0.39, 0.29) is 18.2 Å². The van der Waals surface area contributed by atoms with Crippen molar-refractivity contribution >= 4 is 23.2 Å². The monoisotopic (exact) mass is 386 g/mol. The van der Waals surface area contributed by atoms with Crippen molar-refractivity contribution in [2.75, 3.05) is 38.7 Å². The number of imide groups is 1. The molecule has 28 heavy (non-hydrogen) atoms. The lowest BCUT2D eigenvalue weighted by Crippen LogP contribution is -2.34. The summed E-state index contributed by atoms with van der Waals surface area (Å²) in [6, 6.07) is 9.44. The molecule has 1 saturated heterocycles. The van der Waals surface area contributed by atoms with Gasteiger partial charge in [-0.2, -0.15) is 0 Å². The molecule has 1 heterocycles. The quantitative estimate of drug-likeness (QED) is 0.732. The second-order valence-electron chi connectivity index (χ2n) is 6.08.